The molecule has 1 heterocycles. The molecule has 1 aliphatic heterocycles. The smallest absolute Gasteiger partial charge is 0.242 e. The predicted molar refractivity (Wildman–Crippen MR) is 87.7 cm³/mol. The van der Waals surface area contributed by atoms with Crippen molar-refractivity contribution in [3.05, 3.63) is 28.8 Å². The third-order valence-electron chi connectivity index (χ3n) is 4.00. The second kappa shape index (κ2) is 8.08. The molecule has 0 bridgehead atoms. The van der Waals surface area contributed by atoms with Crippen LogP contribution in [0.4, 0.5) is 0 Å². The average Bonchev–Trinajstić information content (AvgIpc) is 2.54. The summed E-state index contributed by atoms with van der Waals surface area (Å²) in [5.41, 5.74) is 0.313. The van der Waals surface area contributed by atoms with Gasteiger partial charge < -0.3 is 5.11 Å². The summed E-state index contributed by atoms with van der Waals surface area (Å²) < 4.78 is 27.1. The van der Waals surface area contributed by atoms with Gasteiger partial charge in [-0.2, -0.15) is 5.26 Å². The summed E-state index contributed by atoms with van der Waals surface area (Å²) in [6, 6.07) is 6.11. The number of likely N-dealkylation sites (tertiary alicyclic amines) is 1. The van der Waals surface area contributed by atoms with Crippen LogP contribution in [0.25, 0.3) is 0 Å². The first-order valence-electron chi connectivity index (χ1n) is 7.52. The molecule has 0 saturated carbocycles. The number of nitrogens with one attached hydrogen (secondary N) is 1. The summed E-state index contributed by atoms with van der Waals surface area (Å²) in [5.74, 6) is 0. The third-order valence-corrected chi connectivity index (χ3v) is 5.95. The van der Waals surface area contributed by atoms with Crippen LogP contribution >= 0.6 is 11.6 Å². The first-order valence-corrected chi connectivity index (χ1v) is 9.38. The van der Waals surface area contributed by atoms with E-state index in [1.807, 2.05) is 6.07 Å². The first-order chi connectivity index (χ1) is 11.0. The number of piperidine rings is 1. The summed E-state index contributed by atoms with van der Waals surface area (Å²) >= 11 is 5.95. The van der Waals surface area contributed by atoms with Crippen molar-refractivity contribution in [1.29, 1.82) is 5.26 Å². The minimum atomic E-state index is -3.72. The molecule has 2 rings (SSSR count). The van der Waals surface area contributed by atoms with Crippen molar-refractivity contribution in [2.75, 3.05) is 26.2 Å². The molecule has 8 heteroatoms. The Kier molecular flexibility index (Phi) is 6.39. The van der Waals surface area contributed by atoms with E-state index >= 15 is 0 Å². The van der Waals surface area contributed by atoms with Gasteiger partial charge in [-0.25, -0.2) is 13.1 Å². The first kappa shape index (κ1) is 18.2. The van der Waals surface area contributed by atoms with Gasteiger partial charge in [0.25, 0.3) is 0 Å². The van der Waals surface area contributed by atoms with Crippen LogP contribution in [0.2, 0.25) is 5.02 Å². The Morgan fingerprint density at radius 3 is 2.87 bits per heavy atom. The van der Waals surface area contributed by atoms with Crippen LogP contribution in [0.3, 0.4) is 0 Å². The molecule has 1 fully saturated rings. The number of benzene rings is 1. The number of hydrogen-bond donors (Lipinski definition) is 2. The van der Waals surface area contributed by atoms with Crippen LogP contribution in [-0.4, -0.2) is 50.7 Å². The van der Waals surface area contributed by atoms with Gasteiger partial charge in [-0.15, -0.1) is 0 Å². The Bertz CT molecular complexity index is 688. The molecule has 2 N–H and O–H groups in total. The van der Waals surface area contributed by atoms with Crippen LogP contribution in [-0.2, 0) is 10.0 Å². The monoisotopic (exact) mass is 357 g/mol. The van der Waals surface area contributed by atoms with Gasteiger partial charge in [0.05, 0.1) is 23.3 Å². The molecule has 6 nitrogen and oxygen atoms in total. The molecule has 1 atom stereocenters. The molecular weight excluding hydrogens is 338 g/mol. The Labute approximate surface area is 141 Å². The van der Waals surface area contributed by atoms with Crippen molar-refractivity contribution in [3.63, 3.8) is 0 Å². The normalized spacial score (nSPS) is 19.4. The van der Waals surface area contributed by atoms with Crippen molar-refractivity contribution in [2.24, 2.45) is 0 Å². The molecule has 1 aromatic rings. The highest BCUT2D eigenvalue weighted by atomic mass is 35.5. The molecule has 1 saturated heterocycles. The maximum atomic E-state index is 12.3. The number of nitriles is 1. The van der Waals surface area contributed by atoms with Crippen molar-refractivity contribution in [1.82, 2.24) is 9.62 Å². The molecule has 1 aromatic carbocycles. The Morgan fingerprint density at radius 2 is 2.22 bits per heavy atom. The summed E-state index contributed by atoms with van der Waals surface area (Å²) in [6.45, 7) is 1.74. The molecule has 0 radical (unpaired) electrons. The van der Waals surface area contributed by atoms with Gasteiger partial charge in [-0.3, -0.25) is 4.90 Å². The SMILES string of the molecule is N#Cc1ccc(S(=O)(=O)NCCN2CCCC[C@H]2CO)c(Cl)c1. The van der Waals surface area contributed by atoms with E-state index in [0.29, 0.717) is 12.1 Å². The van der Waals surface area contributed by atoms with Crippen molar-refractivity contribution in [3.8, 4) is 6.07 Å². The predicted octanol–water partition coefficient (Wildman–Crippen LogP) is 1.34. The van der Waals surface area contributed by atoms with E-state index in [4.69, 9.17) is 16.9 Å². The van der Waals surface area contributed by atoms with Gasteiger partial charge in [0.15, 0.2) is 0 Å². The van der Waals surface area contributed by atoms with E-state index in [0.717, 1.165) is 25.8 Å². The van der Waals surface area contributed by atoms with Gasteiger partial charge >= 0.3 is 0 Å². The van der Waals surface area contributed by atoms with E-state index in [1.54, 1.807) is 0 Å². The van der Waals surface area contributed by atoms with Crippen molar-refractivity contribution in [2.45, 2.75) is 30.2 Å². The molecule has 0 amide bonds. The van der Waals surface area contributed by atoms with Crippen LogP contribution in [0.15, 0.2) is 23.1 Å². The molecule has 0 aliphatic carbocycles. The van der Waals surface area contributed by atoms with E-state index in [2.05, 4.69) is 9.62 Å². The van der Waals surface area contributed by atoms with E-state index in [-0.39, 0.29) is 29.1 Å². The number of sulfonamides is 1. The number of aliphatic hydroxyl groups excluding tert-OH is 1. The molecule has 0 aromatic heterocycles. The van der Waals surface area contributed by atoms with E-state index in [9.17, 15) is 13.5 Å². The molecule has 23 heavy (non-hydrogen) atoms. The number of halogens is 1. The Morgan fingerprint density at radius 1 is 1.43 bits per heavy atom. The molecular formula is C15H20ClN3O3S. The lowest BCUT2D eigenvalue weighted by Crippen LogP contribution is -2.45. The quantitative estimate of drug-likeness (QED) is 0.801. The summed E-state index contributed by atoms with van der Waals surface area (Å²) in [5, 5.41) is 18.2. The molecule has 126 valence electrons. The standard InChI is InChI=1S/C15H20ClN3O3S/c16-14-9-12(10-17)4-5-15(14)23(21,22)18-6-8-19-7-2-1-3-13(19)11-20/h4-5,9,13,18,20H,1-3,6-8,11H2/t13-/m0/s1. The van der Waals surface area contributed by atoms with Gasteiger partial charge in [0, 0.05) is 19.1 Å². The number of aliphatic hydroxyl groups is 1. The van der Waals surface area contributed by atoms with Crippen LogP contribution in [0, 0.1) is 11.3 Å². The third kappa shape index (κ3) is 4.66. The maximum Gasteiger partial charge on any atom is 0.242 e. The van der Waals surface area contributed by atoms with E-state index in [1.165, 1.54) is 18.2 Å². The van der Waals surface area contributed by atoms with Gasteiger partial charge in [-0.1, -0.05) is 18.0 Å². The van der Waals surface area contributed by atoms with Crippen molar-refractivity contribution < 1.29 is 13.5 Å². The zero-order valence-electron chi connectivity index (χ0n) is 12.7. The average molecular weight is 358 g/mol. The van der Waals surface area contributed by atoms with Gasteiger partial charge in [-0.05, 0) is 37.6 Å². The number of hydrogen-bond acceptors (Lipinski definition) is 5. The lowest BCUT2D eigenvalue weighted by Gasteiger charge is -2.34. The molecule has 0 unspecified atom stereocenters. The van der Waals surface area contributed by atoms with Crippen LogP contribution in [0.1, 0.15) is 24.8 Å². The topological polar surface area (TPSA) is 93.4 Å². The highest BCUT2D eigenvalue weighted by Gasteiger charge is 2.23. The lowest BCUT2D eigenvalue weighted by molar-refractivity contribution is 0.0923. The maximum absolute atomic E-state index is 12.3. The summed E-state index contributed by atoms with van der Waals surface area (Å²) in [6.07, 6.45) is 3.09. The zero-order chi connectivity index (χ0) is 16.9. The summed E-state index contributed by atoms with van der Waals surface area (Å²) in [7, 11) is -3.72. The second-order valence-electron chi connectivity index (χ2n) is 5.52. The van der Waals surface area contributed by atoms with Gasteiger partial charge in [0.1, 0.15) is 4.90 Å². The highest BCUT2D eigenvalue weighted by molar-refractivity contribution is 7.89. The summed E-state index contributed by atoms with van der Waals surface area (Å²) in [4.78, 5) is 2.07. The number of nitrogens with zero attached hydrogens (tertiary/aromatic N) is 2. The fraction of sp³-hybridized carbons (Fsp3) is 0.533. The lowest BCUT2D eigenvalue weighted by atomic mass is 10.0. The molecule has 0 spiro atoms. The second-order valence-corrected chi connectivity index (χ2v) is 7.67. The van der Waals surface area contributed by atoms with Gasteiger partial charge in [0.2, 0.25) is 10.0 Å². The van der Waals surface area contributed by atoms with Crippen molar-refractivity contribution >= 4 is 21.6 Å². The minimum absolute atomic E-state index is 0.0303. The van der Waals surface area contributed by atoms with E-state index < -0.39 is 10.0 Å². The minimum Gasteiger partial charge on any atom is -0.395 e. The molecule has 1 aliphatic rings. The Balaban J connectivity index is 1.98. The highest BCUT2D eigenvalue weighted by Crippen LogP contribution is 2.22. The van der Waals surface area contributed by atoms with Crippen LogP contribution < -0.4 is 4.72 Å². The Hall–Kier alpha value is -1.17. The number of rotatable bonds is 6. The largest absolute Gasteiger partial charge is 0.395 e. The fourth-order valence-corrected chi connectivity index (χ4v) is 4.31. The fourth-order valence-electron chi connectivity index (χ4n) is 2.75. The zero-order valence-corrected chi connectivity index (χ0v) is 14.3. The van der Waals surface area contributed by atoms with Crippen LogP contribution in [0.5, 0.6) is 0 Å².